The van der Waals surface area contributed by atoms with Crippen molar-refractivity contribution in [2.24, 2.45) is 0 Å². The first-order chi connectivity index (χ1) is 9.90. The Bertz CT molecular complexity index is 681. The van der Waals surface area contributed by atoms with Gasteiger partial charge in [0.15, 0.2) is 11.6 Å². The molecule has 1 aromatic heterocycles. The molecule has 0 amide bonds. The normalized spacial score (nSPS) is 12.9. The van der Waals surface area contributed by atoms with Crippen molar-refractivity contribution in [1.29, 1.82) is 0 Å². The fourth-order valence-electron chi connectivity index (χ4n) is 2.15. The Kier molecular flexibility index (Phi) is 4.90. The number of halogens is 2. The molecule has 0 saturated carbocycles. The molecule has 0 fully saturated rings. The van der Waals surface area contributed by atoms with Crippen LogP contribution in [0.3, 0.4) is 0 Å². The highest BCUT2D eigenvalue weighted by Gasteiger charge is 2.14. The number of nitrogens with zero attached hydrogens (tertiary/aromatic N) is 2. The van der Waals surface area contributed by atoms with Crippen molar-refractivity contribution >= 4 is 11.3 Å². The lowest BCUT2D eigenvalue weighted by Gasteiger charge is -2.25. The molecule has 1 unspecified atom stereocenters. The summed E-state index contributed by atoms with van der Waals surface area (Å²) >= 11 is 1.19. The van der Waals surface area contributed by atoms with Crippen LogP contribution in [0.2, 0.25) is 0 Å². The molecule has 0 radical (unpaired) electrons. The second kappa shape index (κ2) is 6.49. The van der Waals surface area contributed by atoms with Gasteiger partial charge in [-0.2, -0.15) is 0 Å². The van der Waals surface area contributed by atoms with Crippen molar-refractivity contribution in [1.82, 2.24) is 9.47 Å². The Morgan fingerprint density at radius 2 is 2.05 bits per heavy atom. The van der Waals surface area contributed by atoms with E-state index < -0.39 is 11.6 Å². The van der Waals surface area contributed by atoms with Crippen LogP contribution in [0.25, 0.3) is 0 Å². The van der Waals surface area contributed by atoms with Crippen molar-refractivity contribution in [3.8, 4) is 0 Å². The largest absolute Gasteiger partial charge is 0.307 e. The van der Waals surface area contributed by atoms with Gasteiger partial charge in [0.25, 0.3) is 0 Å². The van der Waals surface area contributed by atoms with Gasteiger partial charge in [0.1, 0.15) is 0 Å². The summed E-state index contributed by atoms with van der Waals surface area (Å²) in [4.78, 5) is 13.7. The SMILES string of the molecule is Cc1csc(=O)n1CCN(C)C(C)c1ccc(F)c(F)c1. The zero-order valence-electron chi connectivity index (χ0n) is 12.3. The average Bonchev–Trinajstić information content (AvgIpc) is 2.77. The summed E-state index contributed by atoms with van der Waals surface area (Å²) in [7, 11) is 1.90. The van der Waals surface area contributed by atoms with Gasteiger partial charge in [-0.3, -0.25) is 9.69 Å². The van der Waals surface area contributed by atoms with Gasteiger partial charge >= 0.3 is 4.87 Å². The van der Waals surface area contributed by atoms with Crippen molar-refractivity contribution in [3.05, 3.63) is 56.1 Å². The number of hydrogen-bond donors (Lipinski definition) is 0. The van der Waals surface area contributed by atoms with E-state index in [9.17, 15) is 13.6 Å². The van der Waals surface area contributed by atoms with Gasteiger partial charge in [-0.15, -0.1) is 0 Å². The molecule has 1 heterocycles. The summed E-state index contributed by atoms with van der Waals surface area (Å²) in [6, 6.07) is 3.89. The van der Waals surface area contributed by atoms with E-state index in [1.165, 1.54) is 17.4 Å². The van der Waals surface area contributed by atoms with Gasteiger partial charge in [-0.05, 0) is 38.6 Å². The maximum Gasteiger partial charge on any atom is 0.307 e. The first kappa shape index (κ1) is 15.9. The van der Waals surface area contributed by atoms with Crippen LogP contribution in [0, 0.1) is 18.6 Å². The lowest BCUT2D eigenvalue weighted by Crippen LogP contribution is -2.29. The van der Waals surface area contributed by atoms with Crippen LogP contribution in [0.5, 0.6) is 0 Å². The molecule has 2 aromatic rings. The number of hydrogen-bond acceptors (Lipinski definition) is 3. The predicted molar refractivity (Wildman–Crippen MR) is 80.7 cm³/mol. The van der Waals surface area contributed by atoms with Gasteiger partial charge in [-0.25, -0.2) is 8.78 Å². The summed E-state index contributed by atoms with van der Waals surface area (Å²) in [5.41, 5.74) is 1.66. The minimum Gasteiger partial charge on any atom is -0.302 e. The second-order valence-corrected chi connectivity index (χ2v) is 5.95. The number of aryl methyl sites for hydroxylation is 1. The predicted octanol–water partition coefficient (Wildman–Crippen LogP) is 3.19. The zero-order chi connectivity index (χ0) is 15.6. The Hall–Kier alpha value is -1.53. The molecule has 0 aliphatic carbocycles. The summed E-state index contributed by atoms with van der Waals surface area (Å²) < 4.78 is 28.0. The van der Waals surface area contributed by atoms with E-state index in [4.69, 9.17) is 0 Å². The van der Waals surface area contributed by atoms with E-state index in [0.29, 0.717) is 18.7 Å². The van der Waals surface area contributed by atoms with E-state index in [0.717, 1.165) is 11.8 Å². The summed E-state index contributed by atoms with van der Waals surface area (Å²) in [5, 5.41) is 1.83. The van der Waals surface area contributed by atoms with Crippen LogP contribution in [-0.4, -0.2) is 23.1 Å². The Morgan fingerprint density at radius 3 is 2.62 bits per heavy atom. The first-order valence-corrected chi connectivity index (χ1v) is 7.58. The minimum atomic E-state index is -0.839. The van der Waals surface area contributed by atoms with Crippen LogP contribution in [0.15, 0.2) is 28.4 Å². The van der Waals surface area contributed by atoms with Gasteiger partial charge in [0.05, 0.1) is 0 Å². The third kappa shape index (κ3) is 3.57. The molecule has 6 heteroatoms. The second-order valence-electron chi connectivity index (χ2n) is 5.12. The maximum atomic E-state index is 13.3. The molecule has 0 saturated heterocycles. The molecule has 0 aliphatic rings. The van der Waals surface area contributed by atoms with Crippen molar-refractivity contribution in [2.45, 2.75) is 26.4 Å². The van der Waals surface area contributed by atoms with Crippen molar-refractivity contribution < 1.29 is 8.78 Å². The van der Waals surface area contributed by atoms with E-state index in [1.807, 2.05) is 31.2 Å². The topological polar surface area (TPSA) is 25.2 Å². The molecule has 0 aliphatic heterocycles. The Labute approximate surface area is 126 Å². The van der Waals surface area contributed by atoms with Crippen molar-refractivity contribution in [3.63, 3.8) is 0 Å². The van der Waals surface area contributed by atoms with Gasteiger partial charge in [0, 0.05) is 30.2 Å². The van der Waals surface area contributed by atoms with Gasteiger partial charge in [0.2, 0.25) is 0 Å². The quantitative estimate of drug-likeness (QED) is 0.847. The molecular weight excluding hydrogens is 294 g/mol. The van der Waals surface area contributed by atoms with E-state index >= 15 is 0 Å². The van der Waals surface area contributed by atoms with Crippen molar-refractivity contribution in [2.75, 3.05) is 13.6 Å². The minimum absolute atomic E-state index is 0.0291. The molecule has 0 spiro atoms. The first-order valence-electron chi connectivity index (χ1n) is 6.70. The van der Waals surface area contributed by atoms with Gasteiger partial charge in [-0.1, -0.05) is 17.4 Å². The maximum absolute atomic E-state index is 13.3. The number of aromatic nitrogens is 1. The van der Waals surface area contributed by atoms with Crippen LogP contribution < -0.4 is 4.87 Å². The molecule has 21 heavy (non-hydrogen) atoms. The third-order valence-electron chi connectivity index (χ3n) is 3.74. The molecular formula is C15H18F2N2OS. The molecule has 3 nitrogen and oxygen atoms in total. The Balaban J connectivity index is 2.04. The average molecular weight is 312 g/mol. The fraction of sp³-hybridized carbons (Fsp3) is 0.400. The highest BCUT2D eigenvalue weighted by atomic mass is 32.1. The third-order valence-corrected chi connectivity index (χ3v) is 4.62. The van der Waals surface area contributed by atoms with Crippen LogP contribution in [-0.2, 0) is 6.54 Å². The lowest BCUT2D eigenvalue weighted by atomic mass is 10.1. The Morgan fingerprint density at radius 1 is 1.33 bits per heavy atom. The number of benzene rings is 1. The zero-order valence-corrected chi connectivity index (χ0v) is 13.1. The standard InChI is InChI=1S/C15H18F2N2OS/c1-10-9-21-15(20)19(10)7-6-18(3)11(2)12-4-5-13(16)14(17)8-12/h4-5,8-9,11H,6-7H2,1-3H3. The number of likely N-dealkylation sites (N-methyl/N-ethyl adjacent to an activating group) is 1. The fourth-order valence-corrected chi connectivity index (χ4v) is 2.91. The molecule has 0 bridgehead atoms. The van der Waals surface area contributed by atoms with E-state index in [1.54, 1.807) is 10.6 Å². The molecule has 2 rings (SSSR count). The summed E-state index contributed by atoms with van der Waals surface area (Å²) in [5.74, 6) is -1.67. The smallest absolute Gasteiger partial charge is 0.302 e. The lowest BCUT2D eigenvalue weighted by molar-refractivity contribution is 0.249. The van der Waals surface area contributed by atoms with Crippen LogP contribution in [0.4, 0.5) is 8.78 Å². The van der Waals surface area contributed by atoms with Crippen LogP contribution in [0.1, 0.15) is 24.2 Å². The number of thiazole rings is 1. The molecule has 1 aromatic carbocycles. The van der Waals surface area contributed by atoms with Gasteiger partial charge < -0.3 is 4.57 Å². The molecule has 0 N–H and O–H groups in total. The highest BCUT2D eigenvalue weighted by molar-refractivity contribution is 7.07. The number of rotatable bonds is 5. The molecule has 1 atom stereocenters. The summed E-state index contributed by atoms with van der Waals surface area (Å²) in [6.45, 7) is 5.06. The summed E-state index contributed by atoms with van der Waals surface area (Å²) in [6.07, 6.45) is 0. The van der Waals surface area contributed by atoms with E-state index in [-0.39, 0.29) is 10.9 Å². The highest BCUT2D eigenvalue weighted by Crippen LogP contribution is 2.20. The van der Waals surface area contributed by atoms with E-state index in [2.05, 4.69) is 0 Å². The molecule has 114 valence electrons. The monoisotopic (exact) mass is 312 g/mol. The van der Waals surface area contributed by atoms with Crippen LogP contribution >= 0.6 is 11.3 Å².